The number of hydrogen-bond donors (Lipinski definition) is 2. The van der Waals surface area contributed by atoms with Crippen molar-refractivity contribution in [2.24, 2.45) is 0 Å². The summed E-state index contributed by atoms with van der Waals surface area (Å²) in [6, 6.07) is 13.2. The molecule has 0 amide bonds. The molecule has 3 aromatic rings. The summed E-state index contributed by atoms with van der Waals surface area (Å²) < 4.78 is 2.06. The van der Waals surface area contributed by atoms with Crippen LogP contribution in [0.4, 0.5) is 5.69 Å². The second kappa shape index (κ2) is 4.51. The number of nitrogens with zero attached hydrogens (tertiary/aromatic N) is 1. The van der Waals surface area contributed by atoms with Crippen molar-refractivity contribution in [2.75, 3.05) is 0 Å². The highest BCUT2D eigenvalue weighted by molar-refractivity contribution is 5.71. The van der Waals surface area contributed by atoms with Crippen molar-refractivity contribution in [2.45, 2.75) is 6.92 Å². The van der Waals surface area contributed by atoms with Crippen molar-refractivity contribution >= 4 is 11.2 Å². The fraction of sp³-hybridized carbons (Fsp3) is 0.0667. The van der Waals surface area contributed by atoms with Crippen LogP contribution >= 0.6 is 0 Å². The first-order chi connectivity index (χ1) is 9.13. The maximum Gasteiger partial charge on any atom is 0.163 e. The molecule has 0 spiro atoms. The van der Waals surface area contributed by atoms with E-state index in [1.54, 1.807) is 12.1 Å². The second-order valence-electron chi connectivity index (χ2n) is 4.65. The predicted molar refractivity (Wildman–Crippen MR) is 73.3 cm³/mol. The van der Waals surface area contributed by atoms with Crippen molar-refractivity contribution in [3.05, 3.63) is 65.6 Å². The van der Waals surface area contributed by atoms with Gasteiger partial charge < -0.3 is 9.61 Å². The molecule has 4 nitrogen and oxygen atoms in total. The Hall–Kier alpha value is -2.14. The van der Waals surface area contributed by atoms with Gasteiger partial charge in [-0.05, 0) is 48.4 Å². The average molecular weight is 254 g/mol. The highest BCUT2D eigenvalue weighted by Gasteiger charge is 2.04. The number of pyridine rings is 1. The third-order valence-corrected chi connectivity index (χ3v) is 3.22. The van der Waals surface area contributed by atoms with Gasteiger partial charge in [-0.1, -0.05) is 0 Å². The van der Waals surface area contributed by atoms with E-state index in [1.807, 2.05) is 24.5 Å². The van der Waals surface area contributed by atoms with Crippen LogP contribution in [0.25, 0.3) is 16.6 Å². The normalized spacial score (nSPS) is 12.8. The van der Waals surface area contributed by atoms with Crippen LogP contribution in [0.3, 0.4) is 0 Å². The van der Waals surface area contributed by atoms with Gasteiger partial charge in [0.1, 0.15) is 0 Å². The molecule has 2 aromatic heterocycles. The minimum Gasteiger partial charge on any atom is -0.595 e. The summed E-state index contributed by atoms with van der Waals surface area (Å²) in [7, 11) is 0. The number of quaternary nitrogens is 1. The van der Waals surface area contributed by atoms with E-state index in [1.165, 1.54) is 5.56 Å². The summed E-state index contributed by atoms with van der Waals surface area (Å²) >= 11 is 0. The smallest absolute Gasteiger partial charge is 0.163 e. The van der Waals surface area contributed by atoms with Crippen molar-refractivity contribution in [1.29, 1.82) is 0 Å². The first-order valence-electron chi connectivity index (χ1n) is 6.05. The van der Waals surface area contributed by atoms with Gasteiger partial charge in [0.25, 0.3) is 0 Å². The van der Waals surface area contributed by atoms with E-state index in [4.69, 9.17) is 5.21 Å². The Morgan fingerprint density at radius 2 is 1.79 bits per heavy atom. The second-order valence-corrected chi connectivity index (χ2v) is 4.65. The third-order valence-electron chi connectivity index (χ3n) is 3.22. The zero-order chi connectivity index (χ0) is 13.4. The van der Waals surface area contributed by atoms with Gasteiger partial charge >= 0.3 is 0 Å². The summed E-state index contributed by atoms with van der Waals surface area (Å²) in [6.45, 7) is 2.06. The highest BCUT2D eigenvalue weighted by Crippen LogP contribution is 2.23. The summed E-state index contributed by atoms with van der Waals surface area (Å²) in [5.41, 5.74) is 4.77. The summed E-state index contributed by atoms with van der Waals surface area (Å²) in [5.74, 6) is 0. The molecule has 0 aliphatic rings. The molecule has 0 aliphatic carbocycles. The van der Waals surface area contributed by atoms with Gasteiger partial charge in [-0.3, -0.25) is 0 Å². The molecule has 4 heteroatoms. The standard InChI is InChI=1S/C15H14N2O2/c1-11-6-7-16-10-13(9-15(16)8-11)12-2-4-14(5-3-12)17(18)19/h2-10,17-18H,1H3. The van der Waals surface area contributed by atoms with Crippen molar-refractivity contribution in [3.63, 3.8) is 0 Å². The van der Waals surface area contributed by atoms with Crippen LogP contribution in [0, 0.1) is 12.1 Å². The minimum atomic E-state index is -0.899. The molecule has 96 valence electrons. The van der Waals surface area contributed by atoms with E-state index in [-0.39, 0.29) is 0 Å². The molecule has 0 saturated carbocycles. The molecule has 0 aliphatic heterocycles. The molecule has 1 aromatic carbocycles. The maximum absolute atomic E-state index is 10.8. The number of rotatable bonds is 2. The van der Waals surface area contributed by atoms with Gasteiger partial charge in [0.05, 0.1) is 0 Å². The van der Waals surface area contributed by atoms with Gasteiger partial charge in [0.2, 0.25) is 0 Å². The Bertz CT molecular complexity index is 715. The van der Waals surface area contributed by atoms with Gasteiger partial charge in [0, 0.05) is 35.6 Å². The van der Waals surface area contributed by atoms with E-state index in [9.17, 15) is 5.21 Å². The van der Waals surface area contributed by atoms with Crippen molar-refractivity contribution in [1.82, 2.24) is 4.40 Å². The average Bonchev–Trinajstić information content (AvgIpc) is 2.81. The lowest BCUT2D eigenvalue weighted by Crippen LogP contribution is -2.99. The van der Waals surface area contributed by atoms with Crippen LogP contribution in [-0.4, -0.2) is 9.61 Å². The van der Waals surface area contributed by atoms with Gasteiger partial charge in [-0.25, -0.2) is 5.21 Å². The van der Waals surface area contributed by atoms with Crippen LogP contribution in [0.2, 0.25) is 0 Å². The summed E-state index contributed by atoms with van der Waals surface area (Å²) in [5, 5.41) is 18.8. The lowest BCUT2D eigenvalue weighted by atomic mass is 10.1. The van der Waals surface area contributed by atoms with E-state index >= 15 is 0 Å². The fourth-order valence-corrected chi connectivity index (χ4v) is 2.18. The number of aryl methyl sites for hydroxylation is 1. The maximum atomic E-state index is 10.8. The highest BCUT2D eigenvalue weighted by atomic mass is 16.8. The first kappa shape index (κ1) is 11.9. The number of benzene rings is 1. The summed E-state index contributed by atoms with van der Waals surface area (Å²) in [4.78, 5) is 0. The number of aromatic nitrogens is 1. The molecule has 0 bridgehead atoms. The molecular weight excluding hydrogens is 240 g/mol. The molecule has 0 fully saturated rings. The zero-order valence-corrected chi connectivity index (χ0v) is 10.5. The van der Waals surface area contributed by atoms with E-state index in [0.29, 0.717) is 5.69 Å². The fourth-order valence-electron chi connectivity index (χ4n) is 2.18. The monoisotopic (exact) mass is 254 g/mol. The molecule has 2 heterocycles. The predicted octanol–water partition coefficient (Wildman–Crippen LogP) is 2.32. The van der Waals surface area contributed by atoms with Gasteiger partial charge in [-0.15, -0.1) is 0 Å². The SMILES string of the molecule is Cc1ccn2cc(-c3ccc([NH+]([O-])O)cc3)cc2c1. The third kappa shape index (κ3) is 2.24. The Morgan fingerprint density at radius 3 is 2.47 bits per heavy atom. The summed E-state index contributed by atoms with van der Waals surface area (Å²) in [6.07, 6.45) is 4.07. The van der Waals surface area contributed by atoms with Crippen molar-refractivity contribution in [3.8, 4) is 11.1 Å². The zero-order valence-electron chi connectivity index (χ0n) is 10.5. The van der Waals surface area contributed by atoms with E-state index in [0.717, 1.165) is 16.6 Å². The van der Waals surface area contributed by atoms with Gasteiger partial charge in [-0.2, -0.15) is 5.23 Å². The van der Waals surface area contributed by atoms with Crippen molar-refractivity contribution < 1.29 is 10.4 Å². The van der Waals surface area contributed by atoms with E-state index in [2.05, 4.69) is 29.5 Å². The molecule has 1 atom stereocenters. The lowest BCUT2D eigenvalue weighted by Gasteiger charge is -2.11. The van der Waals surface area contributed by atoms with Crippen LogP contribution in [0.5, 0.6) is 0 Å². The number of fused-ring (bicyclic) bond motifs is 1. The number of hydrogen-bond acceptors (Lipinski definition) is 2. The van der Waals surface area contributed by atoms with Crippen LogP contribution < -0.4 is 5.23 Å². The van der Waals surface area contributed by atoms with Crippen LogP contribution in [-0.2, 0) is 0 Å². The molecular formula is C15H14N2O2. The Balaban J connectivity index is 2.03. The molecule has 0 radical (unpaired) electrons. The topological polar surface area (TPSA) is 52.1 Å². The first-order valence-corrected chi connectivity index (χ1v) is 6.05. The quantitative estimate of drug-likeness (QED) is 0.689. The Labute approximate surface area is 110 Å². The molecule has 1 unspecified atom stereocenters. The molecule has 0 saturated heterocycles. The Kier molecular flexibility index (Phi) is 2.83. The molecule has 19 heavy (non-hydrogen) atoms. The minimum absolute atomic E-state index is 0.309. The van der Waals surface area contributed by atoms with Crippen LogP contribution in [0.1, 0.15) is 5.56 Å². The van der Waals surface area contributed by atoms with E-state index < -0.39 is 5.23 Å². The van der Waals surface area contributed by atoms with Crippen LogP contribution in [0.15, 0.2) is 54.9 Å². The van der Waals surface area contributed by atoms with Gasteiger partial charge in [0.15, 0.2) is 5.69 Å². The Morgan fingerprint density at radius 1 is 1.05 bits per heavy atom. The largest absolute Gasteiger partial charge is 0.595 e. The number of nitrogens with one attached hydrogen (secondary N) is 1. The molecule has 3 rings (SSSR count). The molecule has 2 N–H and O–H groups in total. The lowest BCUT2D eigenvalue weighted by molar-refractivity contribution is -0.991.